The minimum atomic E-state index is -1.06. The molecule has 0 bridgehead atoms. The first-order valence-corrected chi connectivity index (χ1v) is 11.8. The highest BCUT2D eigenvalue weighted by molar-refractivity contribution is 6.30. The number of hydrogen-bond donors (Lipinski definition) is 3. The highest BCUT2D eigenvalue weighted by Crippen LogP contribution is 2.18. The molecule has 1 saturated heterocycles. The molecule has 0 aromatic heterocycles. The van der Waals surface area contributed by atoms with Gasteiger partial charge in [0.25, 0.3) is 0 Å². The maximum absolute atomic E-state index is 13.1. The fraction of sp³-hybridized carbons (Fsp3) is 0.542. The van der Waals surface area contributed by atoms with E-state index in [-0.39, 0.29) is 31.3 Å². The number of benzene rings is 1. The monoisotopic (exact) mass is 509 g/mol. The summed E-state index contributed by atoms with van der Waals surface area (Å²) in [7, 11) is 0. The number of amides is 3. The minimum absolute atomic E-state index is 0.0368. The summed E-state index contributed by atoms with van der Waals surface area (Å²) in [6.45, 7) is 4.85. The molecule has 1 aliphatic rings. The predicted molar refractivity (Wildman–Crippen MR) is 127 cm³/mol. The Labute approximate surface area is 209 Å². The van der Waals surface area contributed by atoms with Crippen LogP contribution < -0.4 is 16.0 Å². The number of ketones is 1. The van der Waals surface area contributed by atoms with Crippen LogP contribution in [-0.2, 0) is 35.3 Å². The van der Waals surface area contributed by atoms with Crippen LogP contribution in [0.5, 0.6) is 0 Å². The predicted octanol–water partition coefficient (Wildman–Crippen LogP) is 2.12. The van der Waals surface area contributed by atoms with Crippen LogP contribution in [0.3, 0.4) is 0 Å². The number of carbonyl (C=O) groups excluding carboxylic acids is 5. The lowest BCUT2D eigenvalue weighted by Gasteiger charge is -2.24. The summed E-state index contributed by atoms with van der Waals surface area (Å²) in [5, 5.41) is 8.38. The molecule has 0 saturated carbocycles. The molecule has 11 heteroatoms. The Kier molecular flexibility index (Phi) is 11.0. The van der Waals surface area contributed by atoms with Crippen LogP contribution in [0.15, 0.2) is 24.3 Å². The van der Waals surface area contributed by atoms with Crippen molar-refractivity contribution in [3.63, 3.8) is 0 Å². The smallest absolute Gasteiger partial charge is 0.408 e. The molecule has 3 amide bonds. The van der Waals surface area contributed by atoms with Gasteiger partial charge in [0, 0.05) is 24.4 Å². The molecule has 2 rings (SSSR count). The second kappa shape index (κ2) is 13.7. The van der Waals surface area contributed by atoms with Gasteiger partial charge in [-0.1, -0.05) is 37.6 Å². The van der Waals surface area contributed by atoms with Crippen molar-refractivity contribution in [1.29, 1.82) is 0 Å². The van der Waals surface area contributed by atoms with E-state index in [0.29, 0.717) is 23.6 Å². The van der Waals surface area contributed by atoms with Crippen LogP contribution in [0.25, 0.3) is 0 Å². The van der Waals surface area contributed by atoms with E-state index in [4.69, 9.17) is 21.1 Å². The van der Waals surface area contributed by atoms with Crippen molar-refractivity contribution < 1.29 is 33.4 Å². The third-order valence-corrected chi connectivity index (χ3v) is 5.62. The number of Topliss-reactive ketones (excluding diaryl/α,β-unsaturated/α-hetero) is 1. The van der Waals surface area contributed by atoms with Gasteiger partial charge in [0.15, 0.2) is 12.4 Å². The van der Waals surface area contributed by atoms with E-state index in [9.17, 15) is 24.0 Å². The molecule has 1 aromatic carbocycles. The third kappa shape index (κ3) is 9.94. The van der Waals surface area contributed by atoms with Crippen molar-refractivity contribution >= 4 is 41.3 Å². The molecular weight excluding hydrogens is 478 g/mol. The summed E-state index contributed by atoms with van der Waals surface area (Å²) < 4.78 is 10.0. The fourth-order valence-electron chi connectivity index (χ4n) is 3.63. The van der Waals surface area contributed by atoms with Crippen molar-refractivity contribution in [2.75, 3.05) is 13.2 Å². The Bertz CT molecular complexity index is 937. The van der Waals surface area contributed by atoms with Crippen molar-refractivity contribution in [1.82, 2.24) is 16.0 Å². The molecule has 35 heavy (non-hydrogen) atoms. The average Bonchev–Trinajstić information content (AvgIpc) is 3.19. The van der Waals surface area contributed by atoms with Gasteiger partial charge in [0.05, 0.1) is 6.04 Å². The molecule has 192 valence electrons. The Morgan fingerprint density at radius 1 is 1.14 bits per heavy atom. The lowest BCUT2D eigenvalue weighted by atomic mass is 9.95. The van der Waals surface area contributed by atoms with Gasteiger partial charge in [-0.15, -0.1) is 0 Å². The standard InChI is InChI=1S/C24H32ClN3O7/c1-14(2)9-20(28-24(33)35-12-16-5-4-6-18(25)10-16)23(32)27-19(21(30)13-34-15(3)29)11-17-7-8-26-22(17)31/h4-6,10,14,17,19-20H,7-9,11-13H2,1-3H3,(H,26,31)(H,27,32)(H,28,33)/t17-,19-,20-/m0/s1. The molecule has 3 N–H and O–H groups in total. The third-order valence-electron chi connectivity index (χ3n) is 5.38. The zero-order chi connectivity index (χ0) is 26.0. The van der Waals surface area contributed by atoms with E-state index >= 15 is 0 Å². The lowest BCUT2D eigenvalue weighted by molar-refractivity contribution is -0.146. The molecule has 0 spiro atoms. The SMILES string of the molecule is CC(=O)OCC(=O)[C@H](C[C@@H]1CCNC1=O)NC(=O)[C@H](CC(C)C)NC(=O)OCc1cccc(Cl)c1. The van der Waals surface area contributed by atoms with Crippen molar-refractivity contribution in [2.24, 2.45) is 11.8 Å². The van der Waals surface area contributed by atoms with E-state index in [1.165, 1.54) is 6.92 Å². The number of ether oxygens (including phenoxy) is 2. The fourth-order valence-corrected chi connectivity index (χ4v) is 3.85. The first-order valence-electron chi connectivity index (χ1n) is 11.5. The van der Waals surface area contributed by atoms with Crippen LogP contribution in [0, 0.1) is 11.8 Å². The summed E-state index contributed by atoms with van der Waals surface area (Å²) >= 11 is 5.94. The summed E-state index contributed by atoms with van der Waals surface area (Å²) in [6, 6.07) is 4.79. The molecule has 3 atom stereocenters. The second-order valence-electron chi connectivity index (χ2n) is 8.85. The van der Waals surface area contributed by atoms with Gasteiger partial charge in [-0.25, -0.2) is 4.79 Å². The highest BCUT2D eigenvalue weighted by Gasteiger charge is 2.33. The largest absolute Gasteiger partial charge is 0.458 e. The van der Waals surface area contributed by atoms with E-state index in [2.05, 4.69) is 16.0 Å². The molecule has 1 aliphatic heterocycles. The Morgan fingerprint density at radius 3 is 2.49 bits per heavy atom. The van der Waals surface area contributed by atoms with Gasteiger partial charge < -0.3 is 25.4 Å². The molecule has 0 unspecified atom stereocenters. The minimum Gasteiger partial charge on any atom is -0.458 e. The summed E-state index contributed by atoms with van der Waals surface area (Å²) in [6.07, 6.45) is 0.0667. The number of hydrogen-bond acceptors (Lipinski definition) is 7. The quantitative estimate of drug-likeness (QED) is 0.366. The van der Waals surface area contributed by atoms with Gasteiger partial charge in [-0.05, 0) is 42.9 Å². The van der Waals surface area contributed by atoms with Gasteiger partial charge in [0.1, 0.15) is 12.6 Å². The number of esters is 1. The van der Waals surface area contributed by atoms with Crippen molar-refractivity contribution in [3.05, 3.63) is 34.9 Å². The maximum atomic E-state index is 13.1. The van der Waals surface area contributed by atoms with Crippen LogP contribution in [0.2, 0.25) is 5.02 Å². The Hall–Kier alpha value is -3.14. The average molecular weight is 510 g/mol. The van der Waals surface area contributed by atoms with E-state index in [0.717, 1.165) is 0 Å². The summed E-state index contributed by atoms with van der Waals surface area (Å²) in [4.78, 5) is 61.3. The highest BCUT2D eigenvalue weighted by atomic mass is 35.5. The Balaban J connectivity index is 2.05. The number of halogens is 1. The normalized spacial score (nSPS) is 16.7. The van der Waals surface area contributed by atoms with Crippen molar-refractivity contribution in [3.8, 4) is 0 Å². The first-order chi connectivity index (χ1) is 16.5. The number of carbonyl (C=O) groups is 5. The van der Waals surface area contributed by atoms with Gasteiger partial charge >= 0.3 is 12.1 Å². The molecule has 0 radical (unpaired) electrons. The number of rotatable bonds is 12. The van der Waals surface area contributed by atoms with E-state index in [1.54, 1.807) is 24.3 Å². The van der Waals surface area contributed by atoms with E-state index < -0.39 is 48.4 Å². The van der Waals surface area contributed by atoms with Gasteiger partial charge in [0.2, 0.25) is 11.8 Å². The zero-order valence-corrected chi connectivity index (χ0v) is 20.9. The van der Waals surface area contributed by atoms with Crippen LogP contribution in [0.4, 0.5) is 4.79 Å². The molecule has 1 fully saturated rings. The molecule has 1 heterocycles. The topological polar surface area (TPSA) is 140 Å². The number of alkyl carbamates (subject to hydrolysis) is 1. The zero-order valence-electron chi connectivity index (χ0n) is 20.1. The summed E-state index contributed by atoms with van der Waals surface area (Å²) in [5.74, 6) is -2.40. The molecular formula is C24H32ClN3O7. The Morgan fingerprint density at radius 2 is 1.89 bits per heavy atom. The lowest BCUT2D eigenvalue weighted by Crippen LogP contribution is -2.53. The first kappa shape index (κ1) is 28.1. The molecule has 10 nitrogen and oxygen atoms in total. The van der Waals surface area contributed by atoms with Crippen molar-refractivity contribution in [2.45, 2.75) is 58.7 Å². The molecule has 0 aliphatic carbocycles. The number of nitrogens with one attached hydrogen (secondary N) is 3. The van der Waals surface area contributed by atoms with Gasteiger partial charge in [-0.2, -0.15) is 0 Å². The second-order valence-corrected chi connectivity index (χ2v) is 9.29. The van der Waals surface area contributed by atoms with Crippen LogP contribution in [-0.4, -0.2) is 54.9 Å². The van der Waals surface area contributed by atoms with E-state index in [1.807, 2.05) is 13.8 Å². The van der Waals surface area contributed by atoms with Crippen LogP contribution >= 0.6 is 11.6 Å². The maximum Gasteiger partial charge on any atom is 0.408 e. The van der Waals surface area contributed by atoms with Crippen LogP contribution in [0.1, 0.15) is 45.6 Å². The van der Waals surface area contributed by atoms with Gasteiger partial charge in [-0.3, -0.25) is 19.2 Å². The molecule has 1 aromatic rings. The summed E-state index contributed by atoms with van der Waals surface area (Å²) in [5.41, 5.74) is 0.684.